The van der Waals surface area contributed by atoms with Gasteiger partial charge in [0.25, 0.3) is 0 Å². The van der Waals surface area contributed by atoms with Gasteiger partial charge in [0.15, 0.2) is 0 Å². The summed E-state index contributed by atoms with van der Waals surface area (Å²) >= 11 is 0. The predicted molar refractivity (Wildman–Crippen MR) is 79.7 cm³/mol. The van der Waals surface area contributed by atoms with Crippen LogP contribution in [0.5, 0.6) is 0 Å². The lowest BCUT2D eigenvalue weighted by Gasteiger charge is -2.03. The molecule has 1 aromatic heterocycles. The number of benzene rings is 2. The molecule has 0 spiro atoms. The van der Waals surface area contributed by atoms with E-state index in [9.17, 15) is 5.11 Å². The molecule has 1 unspecified atom stereocenters. The Bertz CT molecular complexity index is 777. The third-order valence-corrected chi connectivity index (χ3v) is 4.03. The zero-order valence-electron chi connectivity index (χ0n) is 11.6. The highest BCUT2D eigenvalue weighted by Crippen LogP contribution is 2.34. The fraction of sp³-hybridized carbons (Fsp3) is 0.294. The maximum Gasteiger partial charge on any atom is 0.229 e. The fourth-order valence-electron chi connectivity index (χ4n) is 2.61. The lowest BCUT2D eigenvalue weighted by atomic mass is 10.1. The van der Waals surface area contributed by atoms with E-state index in [0.29, 0.717) is 24.1 Å². The minimum Gasteiger partial charge on any atom is -0.392 e. The highest BCUT2D eigenvalue weighted by Gasteiger charge is 2.31. The molecule has 1 aliphatic rings. The second-order valence-corrected chi connectivity index (χ2v) is 5.68. The largest absolute Gasteiger partial charge is 0.392 e. The van der Waals surface area contributed by atoms with Gasteiger partial charge in [0.05, 0.1) is 12.5 Å². The van der Waals surface area contributed by atoms with Crippen molar-refractivity contribution < 1.29 is 9.63 Å². The Morgan fingerprint density at radius 1 is 1.14 bits per heavy atom. The molecular formula is C17H16N2O2. The van der Waals surface area contributed by atoms with Gasteiger partial charge in [0.2, 0.25) is 11.7 Å². The molecule has 4 rings (SSSR count). The molecule has 4 heteroatoms. The Morgan fingerprint density at radius 2 is 1.95 bits per heavy atom. The first-order valence-electron chi connectivity index (χ1n) is 7.29. The molecule has 1 aliphatic carbocycles. The molecule has 4 nitrogen and oxygen atoms in total. The minimum absolute atomic E-state index is 0.352. The van der Waals surface area contributed by atoms with Gasteiger partial charge >= 0.3 is 0 Å². The van der Waals surface area contributed by atoms with Crippen molar-refractivity contribution in [3.05, 3.63) is 48.4 Å². The highest BCUT2D eigenvalue weighted by molar-refractivity contribution is 5.86. The predicted octanol–water partition coefficient (Wildman–Crippen LogP) is 3.20. The molecule has 106 valence electrons. The van der Waals surface area contributed by atoms with Gasteiger partial charge in [-0.1, -0.05) is 41.6 Å². The molecule has 21 heavy (non-hydrogen) atoms. The van der Waals surface area contributed by atoms with E-state index in [0.717, 1.165) is 23.8 Å². The van der Waals surface area contributed by atoms with Crippen LogP contribution in [0.25, 0.3) is 22.2 Å². The summed E-state index contributed by atoms with van der Waals surface area (Å²) in [5.41, 5.74) is 0.935. The van der Waals surface area contributed by atoms with E-state index >= 15 is 0 Å². The van der Waals surface area contributed by atoms with Crippen LogP contribution in [0.2, 0.25) is 0 Å². The van der Waals surface area contributed by atoms with Crippen LogP contribution >= 0.6 is 0 Å². The van der Waals surface area contributed by atoms with E-state index in [1.807, 2.05) is 18.2 Å². The number of nitrogens with zero attached hydrogens (tertiary/aromatic N) is 2. The molecule has 0 saturated heterocycles. The molecule has 2 aromatic carbocycles. The van der Waals surface area contributed by atoms with Crippen LogP contribution in [-0.4, -0.2) is 21.4 Å². The molecule has 0 aliphatic heterocycles. The number of rotatable bonds is 4. The van der Waals surface area contributed by atoms with Gasteiger partial charge in [-0.2, -0.15) is 4.98 Å². The fourth-order valence-corrected chi connectivity index (χ4v) is 2.61. The molecule has 1 heterocycles. The van der Waals surface area contributed by atoms with Crippen molar-refractivity contribution in [2.75, 3.05) is 0 Å². The quantitative estimate of drug-likeness (QED) is 0.797. The average molecular weight is 280 g/mol. The molecule has 1 N–H and O–H groups in total. The zero-order valence-corrected chi connectivity index (χ0v) is 11.6. The first-order valence-corrected chi connectivity index (χ1v) is 7.29. The number of fused-ring (bicyclic) bond motifs is 1. The summed E-state index contributed by atoms with van der Waals surface area (Å²) in [4.78, 5) is 4.40. The van der Waals surface area contributed by atoms with Crippen LogP contribution in [0, 0.1) is 5.92 Å². The van der Waals surface area contributed by atoms with Crippen LogP contribution in [-0.2, 0) is 6.42 Å². The zero-order chi connectivity index (χ0) is 14.2. The third kappa shape index (κ3) is 2.54. The van der Waals surface area contributed by atoms with Crippen molar-refractivity contribution in [3.8, 4) is 11.4 Å². The molecule has 1 saturated carbocycles. The Labute approximate surface area is 122 Å². The van der Waals surface area contributed by atoms with Crippen molar-refractivity contribution in [3.63, 3.8) is 0 Å². The van der Waals surface area contributed by atoms with Gasteiger partial charge in [-0.15, -0.1) is 0 Å². The normalized spacial score (nSPS) is 16.2. The summed E-state index contributed by atoms with van der Waals surface area (Å²) in [5, 5.41) is 16.3. The first kappa shape index (κ1) is 12.5. The lowest BCUT2D eigenvalue weighted by molar-refractivity contribution is 0.140. The number of hydrogen-bond donors (Lipinski definition) is 1. The maximum atomic E-state index is 9.94. The molecule has 0 radical (unpaired) electrons. The standard InChI is InChI=1S/C17H16N2O2/c20-15(12-6-7-12)10-16-18-17(19-21-16)14-8-5-11-3-1-2-4-13(11)9-14/h1-5,8-9,12,15,20H,6-7,10H2. The van der Waals surface area contributed by atoms with Crippen LogP contribution in [0.3, 0.4) is 0 Å². The van der Waals surface area contributed by atoms with Crippen molar-refractivity contribution in [1.82, 2.24) is 10.1 Å². The Balaban J connectivity index is 1.60. The van der Waals surface area contributed by atoms with Gasteiger partial charge in [-0.05, 0) is 35.6 Å². The van der Waals surface area contributed by atoms with E-state index in [4.69, 9.17) is 4.52 Å². The maximum absolute atomic E-state index is 9.94. The van der Waals surface area contributed by atoms with Crippen LogP contribution in [0.1, 0.15) is 18.7 Å². The Kier molecular flexibility index (Phi) is 2.97. The monoisotopic (exact) mass is 280 g/mol. The SMILES string of the molecule is OC(Cc1nc(-c2ccc3ccccc3c2)no1)C1CC1. The van der Waals surface area contributed by atoms with Crippen molar-refractivity contribution >= 4 is 10.8 Å². The van der Waals surface area contributed by atoms with E-state index in [-0.39, 0.29) is 6.10 Å². The second-order valence-electron chi connectivity index (χ2n) is 5.68. The lowest BCUT2D eigenvalue weighted by Crippen LogP contribution is -2.12. The van der Waals surface area contributed by atoms with Crippen molar-refractivity contribution in [2.45, 2.75) is 25.4 Å². The smallest absolute Gasteiger partial charge is 0.229 e. The van der Waals surface area contributed by atoms with E-state index in [1.165, 1.54) is 5.39 Å². The van der Waals surface area contributed by atoms with Gasteiger partial charge in [-0.3, -0.25) is 0 Å². The van der Waals surface area contributed by atoms with Crippen LogP contribution < -0.4 is 0 Å². The van der Waals surface area contributed by atoms with Gasteiger partial charge in [0.1, 0.15) is 0 Å². The van der Waals surface area contributed by atoms with Gasteiger partial charge in [-0.25, -0.2) is 0 Å². The van der Waals surface area contributed by atoms with Gasteiger partial charge in [0, 0.05) is 5.56 Å². The number of aliphatic hydroxyl groups is 1. The molecule has 3 aromatic rings. The first-order chi connectivity index (χ1) is 10.3. The average Bonchev–Trinajstić information content (AvgIpc) is 3.27. The summed E-state index contributed by atoms with van der Waals surface area (Å²) < 4.78 is 5.26. The summed E-state index contributed by atoms with van der Waals surface area (Å²) in [5.74, 6) is 1.51. The van der Waals surface area contributed by atoms with Crippen molar-refractivity contribution in [1.29, 1.82) is 0 Å². The van der Waals surface area contributed by atoms with E-state index in [1.54, 1.807) is 0 Å². The van der Waals surface area contributed by atoms with E-state index < -0.39 is 0 Å². The summed E-state index contributed by atoms with van der Waals surface area (Å²) in [6.45, 7) is 0. The third-order valence-electron chi connectivity index (χ3n) is 4.03. The summed E-state index contributed by atoms with van der Waals surface area (Å²) in [7, 11) is 0. The molecule has 0 bridgehead atoms. The Morgan fingerprint density at radius 3 is 2.76 bits per heavy atom. The number of aromatic nitrogens is 2. The molecule has 0 amide bonds. The molecular weight excluding hydrogens is 264 g/mol. The minimum atomic E-state index is -0.352. The number of hydrogen-bond acceptors (Lipinski definition) is 4. The van der Waals surface area contributed by atoms with E-state index in [2.05, 4.69) is 34.4 Å². The van der Waals surface area contributed by atoms with Crippen molar-refractivity contribution in [2.24, 2.45) is 5.92 Å². The molecule has 1 fully saturated rings. The van der Waals surface area contributed by atoms with Gasteiger partial charge < -0.3 is 9.63 Å². The summed E-state index contributed by atoms with van der Waals surface area (Å²) in [6, 6.07) is 14.3. The van der Waals surface area contributed by atoms with Crippen LogP contribution in [0.4, 0.5) is 0 Å². The topological polar surface area (TPSA) is 59.2 Å². The Hall–Kier alpha value is -2.20. The molecule has 1 atom stereocenters. The second kappa shape index (κ2) is 4.97. The number of aliphatic hydroxyl groups excluding tert-OH is 1. The van der Waals surface area contributed by atoms with Crippen LogP contribution in [0.15, 0.2) is 47.0 Å². The summed E-state index contributed by atoms with van der Waals surface area (Å²) in [6.07, 6.45) is 2.31. The highest BCUT2D eigenvalue weighted by atomic mass is 16.5.